The topological polar surface area (TPSA) is 166 Å². The van der Waals surface area contributed by atoms with Crippen molar-refractivity contribution in [2.45, 2.75) is 90.8 Å². The highest BCUT2D eigenvalue weighted by molar-refractivity contribution is 5.97. The van der Waals surface area contributed by atoms with Crippen LogP contribution in [0.2, 0.25) is 0 Å². The number of ether oxygens (including phenoxy) is 1. The van der Waals surface area contributed by atoms with Gasteiger partial charge in [-0.15, -0.1) is 0 Å². The first-order valence-electron chi connectivity index (χ1n) is 18.6. The van der Waals surface area contributed by atoms with Gasteiger partial charge in [-0.2, -0.15) is 0 Å². The summed E-state index contributed by atoms with van der Waals surface area (Å²) in [5.74, 6) is -0.568. The summed E-state index contributed by atoms with van der Waals surface area (Å²) in [5, 5.41) is 14.4. The molecule has 288 valence electrons. The number of nitrogens with one attached hydrogen (secondary N) is 2. The zero-order chi connectivity index (χ0) is 38.7. The number of alkyl carbamates (subject to hydrolysis) is 1. The standard InChI is InChI=1S/C26H36N4O4.C14H19NO4/c1-18(2)24(32)28-12-14-29(15-13-28)25(33)21-10-8-19(9-11-21)17-30-23(31)16-22(27-26(30)34)20-6-4-3-5-7-20;1-14(2,3)19-13(18)15-11(9-12(16)17)10-7-5-4-6-8-10/h3-7,18-19,21-22H,8-17H2,1-2H3,(H,27,34);4-8,11H,9H2,1-3H3,(H,15,18)(H,16,17). The van der Waals surface area contributed by atoms with Crippen LogP contribution in [0.3, 0.4) is 0 Å². The Balaban J connectivity index is 0.000000281. The molecular weight excluding hydrogens is 678 g/mol. The van der Waals surface area contributed by atoms with E-state index in [-0.39, 0.29) is 60.4 Å². The van der Waals surface area contributed by atoms with Gasteiger partial charge in [0.25, 0.3) is 0 Å². The van der Waals surface area contributed by atoms with Crippen LogP contribution in [0.5, 0.6) is 0 Å². The molecule has 6 amide bonds. The maximum atomic E-state index is 13.0. The van der Waals surface area contributed by atoms with Crippen LogP contribution >= 0.6 is 0 Å². The number of amides is 6. The molecule has 0 radical (unpaired) electrons. The Bertz CT molecular complexity index is 1540. The van der Waals surface area contributed by atoms with E-state index in [2.05, 4.69) is 10.6 Å². The molecule has 13 heteroatoms. The smallest absolute Gasteiger partial charge is 0.408 e. The quantitative estimate of drug-likeness (QED) is 0.303. The highest BCUT2D eigenvalue weighted by Gasteiger charge is 2.37. The van der Waals surface area contributed by atoms with Gasteiger partial charge in [0.05, 0.1) is 24.9 Å². The van der Waals surface area contributed by atoms with Crippen molar-refractivity contribution >= 4 is 35.8 Å². The molecule has 3 fully saturated rings. The summed E-state index contributed by atoms with van der Waals surface area (Å²) in [7, 11) is 0. The molecular formula is C40H55N5O8. The maximum Gasteiger partial charge on any atom is 0.408 e. The first kappa shape index (κ1) is 40.8. The molecule has 0 aromatic heterocycles. The lowest BCUT2D eigenvalue weighted by Gasteiger charge is -2.39. The Morgan fingerprint density at radius 1 is 0.868 bits per heavy atom. The van der Waals surface area contributed by atoms with Crippen LogP contribution in [-0.2, 0) is 23.9 Å². The number of piperazine rings is 1. The second-order valence-corrected chi connectivity index (χ2v) is 15.4. The lowest BCUT2D eigenvalue weighted by molar-refractivity contribution is -0.144. The van der Waals surface area contributed by atoms with E-state index in [9.17, 15) is 28.8 Å². The number of hydrogen-bond donors (Lipinski definition) is 3. The maximum absolute atomic E-state index is 13.0. The summed E-state index contributed by atoms with van der Waals surface area (Å²) < 4.78 is 5.13. The van der Waals surface area contributed by atoms with Crippen LogP contribution in [0, 0.1) is 17.8 Å². The molecule has 2 atom stereocenters. The van der Waals surface area contributed by atoms with E-state index in [4.69, 9.17) is 9.84 Å². The third-order valence-electron chi connectivity index (χ3n) is 9.73. The number of carbonyl (C=O) groups excluding carboxylic acids is 5. The second-order valence-electron chi connectivity index (χ2n) is 15.4. The highest BCUT2D eigenvalue weighted by Crippen LogP contribution is 2.32. The molecule has 2 aliphatic heterocycles. The van der Waals surface area contributed by atoms with Crippen molar-refractivity contribution in [3.05, 3.63) is 71.8 Å². The molecule has 2 aromatic carbocycles. The van der Waals surface area contributed by atoms with E-state index in [1.807, 2.05) is 60.0 Å². The van der Waals surface area contributed by atoms with E-state index in [0.29, 0.717) is 32.7 Å². The van der Waals surface area contributed by atoms with E-state index < -0.39 is 23.7 Å². The normalized spacial score (nSPS) is 21.2. The van der Waals surface area contributed by atoms with Gasteiger partial charge in [0.2, 0.25) is 17.7 Å². The third kappa shape index (κ3) is 12.3. The van der Waals surface area contributed by atoms with Gasteiger partial charge < -0.3 is 30.3 Å². The summed E-state index contributed by atoms with van der Waals surface area (Å²) in [6.07, 6.45) is 2.69. The van der Waals surface area contributed by atoms with Gasteiger partial charge in [0.1, 0.15) is 5.60 Å². The number of hydrogen-bond acceptors (Lipinski definition) is 7. The number of carboxylic acids is 1. The molecule has 13 nitrogen and oxygen atoms in total. The third-order valence-corrected chi connectivity index (χ3v) is 9.73. The molecule has 2 aromatic rings. The van der Waals surface area contributed by atoms with Crippen molar-refractivity contribution < 1.29 is 38.6 Å². The van der Waals surface area contributed by atoms with Crippen LogP contribution < -0.4 is 10.6 Å². The van der Waals surface area contributed by atoms with Crippen LogP contribution in [0.1, 0.15) is 96.4 Å². The molecule has 2 heterocycles. The zero-order valence-electron chi connectivity index (χ0n) is 31.6. The van der Waals surface area contributed by atoms with Gasteiger partial charge in [-0.1, -0.05) is 74.5 Å². The van der Waals surface area contributed by atoms with E-state index >= 15 is 0 Å². The summed E-state index contributed by atoms with van der Waals surface area (Å²) in [6, 6.07) is 17.3. The van der Waals surface area contributed by atoms with E-state index in [1.54, 1.807) is 45.0 Å². The Morgan fingerprint density at radius 3 is 1.96 bits per heavy atom. The summed E-state index contributed by atoms with van der Waals surface area (Å²) in [6.45, 7) is 11.9. The van der Waals surface area contributed by atoms with Crippen molar-refractivity contribution in [2.24, 2.45) is 17.8 Å². The fourth-order valence-corrected chi connectivity index (χ4v) is 6.93. The first-order valence-corrected chi connectivity index (χ1v) is 18.6. The van der Waals surface area contributed by atoms with Crippen LogP contribution in [0.4, 0.5) is 9.59 Å². The van der Waals surface area contributed by atoms with Crippen LogP contribution in [-0.4, -0.2) is 93.9 Å². The molecule has 53 heavy (non-hydrogen) atoms. The van der Waals surface area contributed by atoms with Crippen molar-refractivity contribution in [3.8, 4) is 0 Å². The number of nitrogens with zero attached hydrogens (tertiary/aromatic N) is 3. The van der Waals surface area contributed by atoms with Gasteiger partial charge in [-0.3, -0.25) is 24.1 Å². The molecule has 3 N–H and O–H groups in total. The predicted molar refractivity (Wildman–Crippen MR) is 198 cm³/mol. The average Bonchev–Trinajstić information content (AvgIpc) is 3.12. The van der Waals surface area contributed by atoms with Gasteiger partial charge in [-0.05, 0) is 63.5 Å². The lowest BCUT2D eigenvalue weighted by Crippen LogP contribution is -2.53. The van der Waals surface area contributed by atoms with Crippen molar-refractivity contribution in [3.63, 3.8) is 0 Å². The predicted octanol–water partition coefficient (Wildman–Crippen LogP) is 5.53. The molecule has 1 saturated carbocycles. The minimum absolute atomic E-state index is 0.00283. The number of carbonyl (C=O) groups is 6. The molecule has 0 bridgehead atoms. The van der Waals surface area contributed by atoms with Gasteiger partial charge in [0.15, 0.2) is 0 Å². The summed E-state index contributed by atoms with van der Waals surface area (Å²) in [4.78, 5) is 78.3. The Labute approximate surface area is 312 Å². The Hall–Kier alpha value is -4.94. The molecule has 5 rings (SSSR count). The van der Waals surface area contributed by atoms with Gasteiger partial charge in [-0.25, -0.2) is 9.59 Å². The number of benzene rings is 2. The van der Waals surface area contributed by atoms with E-state index in [0.717, 1.165) is 36.8 Å². The average molecular weight is 734 g/mol. The molecule has 0 spiro atoms. The van der Waals surface area contributed by atoms with Crippen molar-refractivity contribution in [1.29, 1.82) is 0 Å². The minimum Gasteiger partial charge on any atom is -0.481 e. The summed E-state index contributed by atoms with van der Waals surface area (Å²) in [5.41, 5.74) is 1.06. The lowest BCUT2D eigenvalue weighted by atomic mass is 9.81. The number of carboxylic acid groups (broad SMARTS) is 1. The zero-order valence-corrected chi connectivity index (χ0v) is 31.6. The number of aliphatic carboxylic acids is 1. The molecule has 2 saturated heterocycles. The largest absolute Gasteiger partial charge is 0.481 e. The molecule has 1 aliphatic carbocycles. The molecule has 3 aliphatic rings. The number of rotatable bonds is 9. The number of imide groups is 1. The molecule has 2 unspecified atom stereocenters. The summed E-state index contributed by atoms with van der Waals surface area (Å²) >= 11 is 0. The van der Waals surface area contributed by atoms with Gasteiger partial charge in [0, 0.05) is 44.6 Å². The Morgan fingerprint density at radius 2 is 1.43 bits per heavy atom. The highest BCUT2D eigenvalue weighted by atomic mass is 16.6. The number of urea groups is 1. The van der Waals surface area contributed by atoms with Crippen molar-refractivity contribution in [1.82, 2.24) is 25.3 Å². The Kier molecular flexibility index (Phi) is 14.4. The monoisotopic (exact) mass is 733 g/mol. The van der Waals surface area contributed by atoms with Crippen molar-refractivity contribution in [2.75, 3.05) is 32.7 Å². The minimum atomic E-state index is -0.982. The van der Waals surface area contributed by atoms with Crippen LogP contribution in [0.15, 0.2) is 60.7 Å². The fourth-order valence-electron chi connectivity index (χ4n) is 6.93. The first-order chi connectivity index (χ1) is 25.1. The van der Waals surface area contributed by atoms with E-state index in [1.165, 1.54) is 4.90 Å². The van der Waals surface area contributed by atoms with Crippen LogP contribution in [0.25, 0.3) is 0 Å². The fraction of sp³-hybridized carbons (Fsp3) is 0.550. The second kappa shape index (κ2) is 18.7. The van der Waals surface area contributed by atoms with Gasteiger partial charge >= 0.3 is 18.1 Å². The SMILES string of the molecule is CC(C)(C)OC(=O)NC(CC(=O)O)c1ccccc1.CC(C)C(=O)N1CCN(C(=O)C2CCC(CN3C(=O)CC(c4ccccc4)NC3=O)CC2)CC1.